The number of hydrogen-bond acceptors (Lipinski definition) is 3. The number of carbonyl (C=O) groups excluding carboxylic acids is 1. The number of hydrogen-bond donors (Lipinski definition) is 2. The number of benzene rings is 1. The lowest BCUT2D eigenvalue weighted by atomic mass is 10.0. The molecule has 4 nitrogen and oxygen atoms in total. The molecule has 1 fully saturated rings. The van der Waals surface area contributed by atoms with Crippen LogP contribution in [0.25, 0.3) is 10.8 Å². The number of pyridine rings is 1. The number of anilines is 1. The molecule has 2 aromatic rings. The van der Waals surface area contributed by atoms with Gasteiger partial charge in [0, 0.05) is 36.6 Å². The van der Waals surface area contributed by atoms with Crippen LogP contribution in [0.15, 0.2) is 36.7 Å². The van der Waals surface area contributed by atoms with Crippen molar-refractivity contribution in [2.24, 2.45) is 5.92 Å². The van der Waals surface area contributed by atoms with Gasteiger partial charge in [-0.3, -0.25) is 9.78 Å². The molecule has 1 aliphatic heterocycles. The van der Waals surface area contributed by atoms with Crippen LogP contribution < -0.4 is 10.6 Å². The van der Waals surface area contributed by atoms with E-state index in [9.17, 15) is 4.79 Å². The van der Waals surface area contributed by atoms with Gasteiger partial charge in [-0.1, -0.05) is 13.5 Å². The van der Waals surface area contributed by atoms with E-state index in [0.29, 0.717) is 0 Å². The van der Waals surface area contributed by atoms with Crippen molar-refractivity contribution in [1.82, 2.24) is 10.3 Å². The number of nitrogens with zero attached hydrogens (tertiary/aromatic N) is 1. The third-order valence-electron chi connectivity index (χ3n) is 3.06. The topological polar surface area (TPSA) is 54.0 Å². The summed E-state index contributed by atoms with van der Waals surface area (Å²) in [6, 6.07) is 7.79. The molecule has 0 spiro atoms. The summed E-state index contributed by atoms with van der Waals surface area (Å²) in [4.78, 5) is 15.8. The van der Waals surface area contributed by atoms with Crippen LogP contribution in [0.2, 0.25) is 0 Å². The maximum atomic E-state index is 11.8. The van der Waals surface area contributed by atoms with Crippen molar-refractivity contribution >= 4 is 22.4 Å². The van der Waals surface area contributed by atoms with Gasteiger partial charge in [0.2, 0.25) is 5.91 Å². The van der Waals surface area contributed by atoms with Crippen LogP contribution >= 0.6 is 0 Å². The highest BCUT2D eigenvalue weighted by Crippen LogP contribution is 2.18. The standard InChI is InChI=1S/C13H13N3O.CH4/c17-13(11-7-15-8-11)16-12-2-1-10-6-14-4-3-9(10)5-12;/h1-6,11,15H,7-8H2,(H,16,17);1H4. The highest BCUT2D eigenvalue weighted by molar-refractivity contribution is 5.96. The van der Waals surface area contributed by atoms with E-state index in [-0.39, 0.29) is 19.3 Å². The Balaban J connectivity index is 0.00000120. The molecule has 94 valence electrons. The molecule has 2 heterocycles. The summed E-state index contributed by atoms with van der Waals surface area (Å²) in [5, 5.41) is 8.19. The highest BCUT2D eigenvalue weighted by Gasteiger charge is 2.24. The molecule has 18 heavy (non-hydrogen) atoms. The second kappa shape index (κ2) is 5.14. The van der Waals surface area contributed by atoms with E-state index in [4.69, 9.17) is 0 Å². The van der Waals surface area contributed by atoms with Crippen molar-refractivity contribution in [2.45, 2.75) is 7.43 Å². The second-order valence-corrected chi connectivity index (χ2v) is 4.28. The number of aromatic nitrogens is 1. The van der Waals surface area contributed by atoms with Gasteiger partial charge in [0.25, 0.3) is 0 Å². The maximum absolute atomic E-state index is 11.8. The highest BCUT2D eigenvalue weighted by atomic mass is 16.2. The number of nitrogens with one attached hydrogen (secondary N) is 2. The lowest BCUT2D eigenvalue weighted by molar-refractivity contribution is -0.121. The fourth-order valence-corrected chi connectivity index (χ4v) is 1.88. The van der Waals surface area contributed by atoms with Gasteiger partial charge in [-0.15, -0.1) is 0 Å². The van der Waals surface area contributed by atoms with Crippen LogP contribution in [0.5, 0.6) is 0 Å². The van der Waals surface area contributed by atoms with Gasteiger partial charge < -0.3 is 10.6 Å². The third-order valence-corrected chi connectivity index (χ3v) is 3.06. The molecule has 1 amide bonds. The summed E-state index contributed by atoms with van der Waals surface area (Å²) in [5.74, 6) is 0.209. The molecule has 0 unspecified atom stereocenters. The summed E-state index contributed by atoms with van der Waals surface area (Å²) >= 11 is 0. The first kappa shape index (κ1) is 12.5. The Morgan fingerprint density at radius 2 is 2.11 bits per heavy atom. The smallest absolute Gasteiger partial charge is 0.230 e. The Kier molecular flexibility index (Phi) is 3.58. The monoisotopic (exact) mass is 243 g/mol. The molecule has 0 bridgehead atoms. The Morgan fingerprint density at radius 3 is 2.83 bits per heavy atom. The van der Waals surface area contributed by atoms with Crippen molar-refractivity contribution in [1.29, 1.82) is 0 Å². The second-order valence-electron chi connectivity index (χ2n) is 4.28. The largest absolute Gasteiger partial charge is 0.326 e. The molecule has 1 saturated heterocycles. The van der Waals surface area contributed by atoms with Gasteiger partial charge >= 0.3 is 0 Å². The van der Waals surface area contributed by atoms with Crippen LogP contribution in [0.4, 0.5) is 5.69 Å². The van der Waals surface area contributed by atoms with Crippen molar-refractivity contribution in [3.63, 3.8) is 0 Å². The maximum Gasteiger partial charge on any atom is 0.230 e. The van der Waals surface area contributed by atoms with Crippen molar-refractivity contribution < 1.29 is 4.79 Å². The van der Waals surface area contributed by atoms with Crippen molar-refractivity contribution in [3.05, 3.63) is 36.7 Å². The van der Waals surface area contributed by atoms with Crippen LogP contribution in [-0.4, -0.2) is 24.0 Å². The van der Waals surface area contributed by atoms with E-state index in [1.54, 1.807) is 6.20 Å². The van der Waals surface area contributed by atoms with Crippen molar-refractivity contribution in [3.8, 4) is 0 Å². The molecule has 1 aromatic carbocycles. The quantitative estimate of drug-likeness (QED) is 0.848. The minimum Gasteiger partial charge on any atom is -0.326 e. The Hall–Kier alpha value is -1.94. The van der Waals surface area contributed by atoms with E-state index in [0.717, 1.165) is 29.5 Å². The average molecular weight is 243 g/mol. The molecule has 1 aromatic heterocycles. The van der Waals surface area contributed by atoms with E-state index < -0.39 is 0 Å². The number of fused-ring (bicyclic) bond motifs is 1. The predicted molar refractivity (Wildman–Crippen MR) is 73.5 cm³/mol. The van der Waals surface area contributed by atoms with E-state index in [1.807, 2.05) is 30.5 Å². The number of amides is 1. The zero-order valence-electron chi connectivity index (χ0n) is 9.31. The number of carbonyl (C=O) groups is 1. The fourth-order valence-electron chi connectivity index (χ4n) is 1.88. The van der Waals surface area contributed by atoms with Gasteiger partial charge in [0.1, 0.15) is 0 Å². The van der Waals surface area contributed by atoms with E-state index >= 15 is 0 Å². The minimum absolute atomic E-state index is 0. The minimum atomic E-state index is 0. The summed E-state index contributed by atoms with van der Waals surface area (Å²) in [6.07, 6.45) is 3.57. The Morgan fingerprint density at radius 1 is 1.28 bits per heavy atom. The van der Waals surface area contributed by atoms with Gasteiger partial charge in [-0.2, -0.15) is 0 Å². The summed E-state index contributed by atoms with van der Waals surface area (Å²) < 4.78 is 0. The van der Waals surface area contributed by atoms with Crippen LogP contribution in [0.1, 0.15) is 7.43 Å². The summed E-state index contributed by atoms with van der Waals surface area (Å²) in [7, 11) is 0. The van der Waals surface area contributed by atoms with Gasteiger partial charge in [0.05, 0.1) is 5.92 Å². The average Bonchev–Trinajstić information content (AvgIpc) is 2.26. The van der Waals surface area contributed by atoms with E-state index in [2.05, 4.69) is 15.6 Å². The first-order chi connectivity index (χ1) is 8.33. The lowest BCUT2D eigenvalue weighted by Gasteiger charge is -2.25. The lowest BCUT2D eigenvalue weighted by Crippen LogP contribution is -2.48. The van der Waals surface area contributed by atoms with Crippen molar-refractivity contribution in [2.75, 3.05) is 18.4 Å². The van der Waals surface area contributed by atoms with Crippen LogP contribution in [0, 0.1) is 5.92 Å². The van der Waals surface area contributed by atoms with E-state index in [1.165, 1.54) is 0 Å². The molecule has 4 heteroatoms. The SMILES string of the molecule is C.O=C(Nc1ccc2cnccc2c1)C1CNC1. The molecule has 0 radical (unpaired) electrons. The van der Waals surface area contributed by atoms with Gasteiger partial charge in [-0.25, -0.2) is 0 Å². The summed E-state index contributed by atoms with van der Waals surface area (Å²) in [5.41, 5.74) is 0.848. The molecule has 3 rings (SSSR count). The molecule has 0 aliphatic carbocycles. The van der Waals surface area contributed by atoms with Crippen LogP contribution in [-0.2, 0) is 4.79 Å². The molecular formula is C14H17N3O. The fraction of sp³-hybridized carbons (Fsp3) is 0.286. The predicted octanol–water partition coefficient (Wildman–Crippen LogP) is 2.03. The first-order valence-electron chi connectivity index (χ1n) is 5.68. The molecule has 0 atom stereocenters. The Labute approximate surface area is 106 Å². The Bertz CT molecular complexity index is 564. The summed E-state index contributed by atoms with van der Waals surface area (Å²) in [6.45, 7) is 1.56. The number of rotatable bonds is 2. The third kappa shape index (κ3) is 2.33. The van der Waals surface area contributed by atoms with Gasteiger partial charge in [-0.05, 0) is 23.6 Å². The van der Waals surface area contributed by atoms with Crippen LogP contribution in [0.3, 0.4) is 0 Å². The molecular weight excluding hydrogens is 226 g/mol. The normalized spacial score (nSPS) is 14.7. The molecule has 2 N–H and O–H groups in total. The zero-order chi connectivity index (χ0) is 11.7. The first-order valence-corrected chi connectivity index (χ1v) is 5.68. The zero-order valence-corrected chi connectivity index (χ0v) is 9.31. The van der Waals surface area contributed by atoms with Gasteiger partial charge in [0.15, 0.2) is 0 Å². The molecule has 0 saturated carbocycles. The molecule has 1 aliphatic rings.